The first kappa shape index (κ1) is 22.6. The molecule has 3 aromatic carbocycles. The smallest absolute Gasteiger partial charge is 0.268 e. The summed E-state index contributed by atoms with van der Waals surface area (Å²) in [5, 5.41) is 12.5. The van der Waals surface area contributed by atoms with Crippen LogP contribution in [0.25, 0.3) is 0 Å². The first-order valence-electron chi connectivity index (χ1n) is 9.51. The SMILES string of the molecule is COc1ccc(CN2C(=O)C(O)(c3cc(N)ccc3Cl)c3cc(Cl)cc(Cl)c32)c(OC)c1. The van der Waals surface area contributed by atoms with Crippen molar-refractivity contribution in [2.45, 2.75) is 12.1 Å². The Morgan fingerprint density at radius 3 is 2.41 bits per heavy atom. The van der Waals surface area contributed by atoms with Crippen LogP contribution in [0.15, 0.2) is 48.5 Å². The maximum absolute atomic E-state index is 13.7. The van der Waals surface area contributed by atoms with Crippen molar-refractivity contribution in [3.05, 3.63) is 80.3 Å². The summed E-state index contributed by atoms with van der Waals surface area (Å²) in [5.74, 6) is 0.481. The number of amides is 1. The average Bonchev–Trinajstić information content (AvgIpc) is 2.98. The van der Waals surface area contributed by atoms with Crippen molar-refractivity contribution in [1.29, 1.82) is 0 Å². The normalized spacial score (nSPS) is 17.4. The van der Waals surface area contributed by atoms with E-state index in [1.54, 1.807) is 31.4 Å². The zero-order valence-corrected chi connectivity index (χ0v) is 19.4. The summed E-state index contributed by atoms with van der Waals surface area (Å²) in [7, 11) is 3.07. The van der Waals surface area contributed by atoms with E-state index in [1.165, 1.54) is 36.3 Å². The van der Waals surface area contributed by atoms with E-state index in [-0.39, 0.29) is 32.7 Å². The highest BCUT2D eigenvalue weighted by atomic mass is 35.5. The van der Waals surface area contributed by atoms with Crippen LogP contribution in [-0.2, 0) is 16.9 Å². The molecule has 6 nitrogen and oxygen atoms in total. The van der Waals surface area contributed by atoms with Crippen LogP contribution in [0, 0.1) is 0 Å². The molecule has 1 aliphatic rings. The molecular formula is C23H19Cl3N2O4. The molecule has 3 N–H and O–H groups in total. The first-order valence-corrected chi connectivity index (χ1v) is 10.6. The van der Waals surface area contributed by atoms with Gasteiger partial charge in [-0.15, -0.1) is 0 Å². The molecule has 9 heteroatoms. The average molecular weight is 494 g/mol. The van der Waals surface area contributed by atoms with Gasteiger partial charge in [0.25, 0.3) is 5.91 Å². The Hall–Kier alpha value is -2.64. The Bertz CT molecular complexity index is 1230. The Kier molecular flexibility index (Phi) is 5.90. The molecule has 0 bridgehead atoms. The third-order valence-electron chi connectivity index (χ3n) is 5.45. The minimum atomic E-state index is -2.13. The zero-order valence-electron chi connectivity index (χ0n) is 17.2. The van der Waals surface area contributed by atoms with Gasteiger partial charge in [0.2, 0.25) is 0 Å². The number of benzene rings is 3. The van der Waals surface area contributed by atoms with Crippen molar-refractivity contribution in [2.24, 2.45) is 0 Å². The summed E-state index contributed by atoms with van der Waals surface area (Å²) in [6.45, 7) is 0.0720. The van der Waals surface area contributed by atoms with Crippen LogP contribution >= 0.6 is 34.8 Å². The summed E-state index contributed by atoms with van der Waals surface area (Å²) in [6.07, 6.45) is 0. The molecule has 1 atom stereocenters. The minimum absolute atomic E-state index is 0.0720. The zero-order chi connectivity index (χ0) is 23.2. The number of nitrogen functional groups attached to an aromatic ring is 1. The number of aliphatic hydroxyl groups is 1. The van der Waals surface area contributed by atoms with E-state index < -0.39 is 11.5 Å². The van der Waals surface area contributed by atoms with Gasteiger partial charge in [-0.1, -0.05) is 34.8 Å². The minimum Gasteiger partial charge on any atom is -0.497 e. The fraction of sp³-hybridized carbons (Fsp3) is 0.174. The lowest BCUT2D eigenvalue weighted by atomic mass is 9.87. The maximum atomic E-state index is 13.7. The van der Waals surface area contributed by atoms with Gasteiger partial charge >= 0.3 is 0 Å². The highest BCUT2D eigenvalue weighted by molar-refractivity contribution is 6.38. The van der Waals surface area contributed by atoms with Crippen molar-refractivity contribution in [1.82, 2.24) is 0 Å². The number of anilines is 2. The standard InChI is InChI=1S/C23H19Cl3N2O4/c1-31-15-5-3-12(20(10-15)32-2)11-28-21-17(7-13(24)8-19(21)26)23(30,22(28)29)16-9-14(27)4-6-18(16)25/h3-10,30H,11,27H2,1-2H3. The van der Waals surface area contributed by atoms with Gasteiger partial charge < -0.3 is 25.2 Å². The molecule has 166 valence electrons. The number of nitrogens with zero attached hydrogens (tertiary/aromatic N) is 1. The van der Waals surface area contributed by atoms with Crippen molar-refractivity contribution in [3.8, 4) is 11.5 Å². The van der Waals surface area contributed by atoms with Gasteiger partial charge in [-0.25, -0.2) is 0 Å². The summed E-state index contributed by atoms with van der Waals surface area (Å²) in [4.78, 5) is 15.1. The fourth-order valence-corrected chi connectivity index (χ4v) is 4.76. The summed E-state index contributed by atoms with van der Waals surface area (Å²) >= 11 is 19.1. The van der Waals surface area contributed by atoms with Crippen LogP contribution in [0.3, 0.4) is 0 Å². The molecular weight excluding hydrogens is 475 g/mol. The molecule has 0 saturated heterocycles. The molecule has 0 aromatic heterocycles. The summed E-state index contributed by atoms with van der Waals surface area (Å²) in [6, 6.07) is 12.8. The molecule has 0 radical (unpaired) electrons. The number of fused-ring (bicyclic) bond motifs is 1. The number of ether oxygens (including phenoxy) is 2. The second kappa shape index (κ2) is 8.37. The summed E-state index contributed by atoms with van der Waals surface area (Å²) in [5.41, 5.74) is 5.53. The Balaban J connectivity index is 1.90. The second-order valence-electron chi connectivity index (χ2n) is 7.30. The summed E-state index contributed by atoms with van der Waals surface area (Å²) < 4.78 is 10.7. The van der Waals surface area contributed by atoms with Crippen LogP contribution in [-0.4, -0.2) is 25.2 Å². The molecule has 1 amide bonds. The second-order valence-corrected chi connectivity index (χ2v) is 8.55. The third-order valence-corrected chi connectivity index (χ3v) is 6.28. The molecule has 1 aliphatic heterocycles. The molecule has 1 unspecified atom stereocenters. The van der Waals surface area contributed by atoms with Crippen LogP contribution < -0.4 is 20.1 Å². The Labute approximate surface area is 200 Å². The maximum Gasteiger partial charge on any atom is 0.268 e. The van der Waals surface area contributed by atoms with E-state index >= 15 is 0 Å². The van der Waals surface area contributed by atoms with E-state index in [0.717, 1.165) is 0 Å². The number of methoxy groups -OCH3 is 2. The van der Waals surface area contributed by atoms with Gasteiger partial charge in [0.1, 0.15) is 11.5 Å². The van der Waals surface area contributed by atoms with Gasteiger partial charge in [0, 0.05) is 38.5 Å². The van der Waals surface area contributed by atoms with Crippen molar-refractivity contribution < 1.29 is 19.4 Å². The van der Waals surface area contributed by atoms with E-state index in [9.17, 15) is 9.90 Å². The molecule has 4 rings (SSSR count). The quantitative estimate of drug-likeness (QED) is 0.487. The number of hydrogen-bond donors (Lipinski definition) is 2. The fourth-order valence-electron chi connectivity index (χ4n) is 3.91. The molecule has 0 aliphatic carbocycles. The lowest BCUT2D eigenvalue weighted by Gasteiger charge is -2.25. The van der Waals surface area contributed by atoms with E-state index in [2.05, 4.69) is 0 Å². The predicted octanol–water partition coefficient (Wildman–Crippen LogP) is 5.03. The van der Waals surface area contributed by atoms with Crippen molar-refractivity contribution >= 4 is 52.1 Å². The largest absolute Gasteiger partial charge is 0.497 e. The van der Waals surface area contributed by atoms with Crippen LogP contribution in [0.5, 0.6) is 11.5 Å². The predicted molar refractivity (Wildman–Crippen MR) is 126 cm³/mol. The van der Waals surface area contributed by atoms with Gasteiger partial charge in [-0.3, -0.25) is 4.79 Å². The Morgan fingerprint density at radius 2 is 1.72 bits per heavy atom. The van der Waals surface area contributed by atoms with Gasteiger partial charge in [0.05, 0.1) is 31.5 Å². The number of nitrogens with two attached hydrogens (primary N) is 1. The molecule has 0 saturated carbocycles. The lowest BCUT2D eigenvalue weighted by molar-refractivity contribution is -0.132. The van der Waals surface area contributed by atoms with Crippen LogP contribution in [0.2, 0.25) is 15.1 Å². The third kappa shape index (κ3) is 3.53. The van der Waals surface area contributed by atoms with Crippen LogP contribution in [0.4, 0.5) is 11.4 Å². The van der Waals surface area contributed by atoms with Crippen molar-refractivity contribution in [3.63, 3.8) is 0 Å². The topological polar surface area (TPSA) is 85.0 Å². The van der Waals surface area contributed by atoms with Gasteiger partial charge in [-0.2, -0.15) is 0 Å². The lowest BCUT2D eigenvalue weighted by Crippen LogP contribution is -2.41. The monoisotopic (exact) mass is 492 g/mol. The molecule has 1 heterocycles. The van der Waals surface area contributed by atoms with E-state index in [0.29, 0.717) is 28.4 Å². The highest BCUT2D eigenvalue weighted by Crippen LogP contribution is 2.51. The Morgan fingerprint density at radius 1 is 0.969 bits per heavy atom. The van der Waals surface area contributed by atoms with E-state index in [4.69, 9.17) is 50.0 Å². The van der Waals surface area contributed by atoms with Crippen LogP contribution in [0.1, 0.15) is 16.7 Å². The number of carbonyl (C=O) groups is 1. The van der Waals surface area contributed by atoms with Gasteiger partial charge in [0.15, 0.2) is 5.60 Å². The molecule has 0 fully saturated rings. The van der Waals surface area contributed by atoms with Gasteiger partial charge in [-0.05, 0) is 42.5 Å². The molecule has 0 spiro atoms. The number of carbonyl (C=O) groups excluding carboxylic acids is 1. The number of rotatable bonds is 5. The molecule has 3 aromatic rings. The van der Waals surface area contributed by atoms with E-state index in [1.807, 2.05) is 0 Å². The number of hydrogen-bond acceptors (Lipinski definition) is 5. The number of halogens is 3. The van der Waals surface area contributed by atoms with Crippen molar-refractivity contribution in [2.75, 3.05) is 24.9 Å². The first-order chi connectivity index (χ1) is 15.2. The highest BCUT2D eigenvalue weighted by Gasteiger charge is 2.53. The molecule has 32 heavy (non-hydrogen) atoms.